The Balaban J connectivity index is 2.49. The smallest absolute Gasteiger partial charge is 0.369 e. The summed E-state index contributed by atoms with van der Waals surface area (Å²) in [5.41, 5.74) is 0.503. The van der Waals surface area contributed by atoms with E-state index in [0.29, 0.717) is 31.9 Å². The molecule has 0 saturated carbocycles. The number of nitrogens with zero attached hydrogens (tertiary/aromatic N) is 1. The van der Waals surface area contributed by atoms with E-state index in [1.54, 1.807) is 0 Å². The highest BCUT2D eigenvalue weighted by atomic mass is 32.3. The summed E-state index contributed by atoms with van der Waals surface area (Å²) in [4.78, 5) is 1.84. The lowest BCUT2D eigenvalue weighted by Crippen LogP contribution is -2.43. The molecule has 1 aromatic rings. The fraction of sp³-hybridized carbons (Fsp3) is 0.500. The molecule has 2 rings (SSSR count). The number of halogens is 2. The summed E-state index contributed by atoms with van der Waals surface area (Å²) >= 11 is 0. The molecule has 11 heteroatoms. The maximum atomic E-state index is 13.0. The standard InChI is InChI=1S/C12H16F2N2O5S2/c1-9-10(8-22(13,17)18)6-11(16-4-2-15-3-5-16)7-12(9)21-23(14,19)20/h6-7,15H,2-5,8H2,1H3. The molecule has 0 radical (unpaired) electrons. The molecule has 1 heterocycles. The number of nitrogens with one attached hydrogen (secondary N) is 1. The topological polar surface area (TPSA) is 92.8 Å². The fourth-order valence-electron chi connectivity index (χ4n) is 2.36. The van der Waals surface area contributed by atoms with Crippen LogP contribution in [0.25, 0.3) is 0 Å². The lowest BCUT2D eigenvalue weighted by atomic mass is 10.1. The summed E-state index contributed by atoms with van der Waals surface area (Å²) in [6, 6.07) is 2.74. The van der Waals surface area contributed by atoms with Crippen LogP contribution in [0.1, 0.15) is 11.1 Å². The number of piperazine rings is 1. The van der Waals surface area contributed by atoms with Gasteiger partial charge in [-0.15, -0.1) is 3.89 Å². The van der Waals surface area contributed by atoms with Crippen molar-refractivity contribution in [2.45, 2.75) is 12.7 Å². The Bertz CT molecular complexity index is 735. The van der Waals surface area contributed by atoms with Crippen molar-refractivity contribution in [3.05, 3.63) is 23.3 Å². The maximum absolute atomic E-state index is 13.0. The summed E-state index contributed by atoms with van der Waals surface area (Å²) in [7, 11) is -10.1. The first-order valence-corrected chi connectivity index (χ1v) is 9.57. The molecule has 0 atom stereocenters. The van der Waals surface area contributed by atoms with Crippen LogP contribution in [0.3, 0.4) is 0 Å². The normalized spacial score (nSPS) is 16.4. The minimum absolute atomic E-state index is 0.0159. The molecular weight excluding hydrogens is 354 g/mol. The largest absolute Gasteiger partial charge is 0.488 e. The van der Waals surface area contributed by atoms with Crippen LogP contribution in [0.5, 0.6) is 5.75 Å². The molecule has 1 N–H and O–H groups in total. The Kier molecular flexibility index (Phi) is 5.11. The van der Waals surface area contributed by atoms with Crippen LogP contribution in [0.2, 0.25) is 0 Å². The Hall–Kier alpha value is -1.46. The molecule has 130 valence electrons. The third-order valence-electron chi connectivity index (χ3n) is 3.45. The van der Waals surface area contributed by atoms with Gasteiger partial charge in [0.1, 0.15) is 5.75 Å². The van der Waals surface area contributed by atoms with Crippen LogP contribution in [-0.2, 0) is 26.5 Å². The monoisotopic (exact) mass is 370 g/mol. The van der Waals surface area contributed by atoms with Gasteiger partial charge in [-0.3, -0.25) is 0 Å². The van der Waals surface area contributed by atoms with Gasteiger partial charge in [0.15, 0.2) is 5.75 Å². The molecule has 1 aromatic carbocycles. The first kappa shape index (κ1) is 17.9. The Labute approximate surface area is 133 Å². The molecule has 1 aliphatic rings. The molecule has 23 heavy (non-hydrogen) atoms. The zero-order chi connectivity index (χ0) is 17.3. The molecule has 0 unspecified atom stereocenters. The van der Waals surface area contributed by atoms with E-state index >= 15 is 0 Å². The van der Waals surface area contributed by atoms with Crippen molar-refractivity contribution in [3.8, 4) is 5.75 Å². The van der Waals surface area contributed by atoms with Crippen molar-refractivity contribution < 1.29 is 28.8 Å². The van der Waals surface area contributed by atoms with Crippen LogP contribution in [0.4, 0.5) is 13.5 Å². The summed E-state index contributed by atoms with van der Waals surface area (Å²) < 4.78 is 73.4. The Morgan fingerprint density at radius 2 is 1.78 bits per heavy atom. The fourth-order valence-corrected chi connectivity index (χ4v) is 3.42. The average Bonchev–Trinajstić information content (AvgIpc) is 2.41. The third-order valence-corrected chi connectivity index (χ3v) is 4.49. The predicted octanol–water partition coefficient (Wildman–Crippen LogP) is 0.797. The van der Waals surface area contributed by atoms with Crippen molar-refractivity contribution in [1.82, 2.24) is 5.32 Å². The van der Waals surface area contributed by atoms with Gasteiger partial charge in [0, 0.05) is 37.9 Å². The van der Waals surface area contributed by atoms with Crippen LogP contribution < -0.4 is 14.4 Å². The molecule has 0 spiro atoms. The number of anilines is 1. The zero-order valence-electron chi connectivity index (χ0n) is 12.3. The minimum atomic E-state index is -5.28. The highest BCUT2D eigenvalue weighted by Gasteiger charge is 2.21. The van der Waals surface area contributed by atoms with Gasteiger partial charge in [-0.2, -0.15) is 16.8 Å². The van der Waals surface area contributed by atoms with Crippen LogP contribution in [0, 0.1) is 6.92 Å². The molecule has 0 aromatic heterocycles. The molecule has 0 aliphatic carbocycles. The molecule has 0 bridgehead atoms. The zero-order valence-corrected chi connectivity index (χ0v) is 13.9. The second-order valence-electron chi connectivity index (χ2n) is 5.12. The second-order valence-corrected chi connectivity index (χ2v) is 7.44. The van der Waals surface area contributed by atoms with E-state index in [-0.39, 0.29) is 16.9 Å². The van der Waals surface area contributed by atoms with Gasteiger partial charge in [0.2, 0.25) is 0 Å². The summed E-state index contributed by atoms with van der Waals surface area (Å²) in [5, 5.41) is 3.12. The highest BCUT2D eigenvalue weighted by Crippen LogP contribution is 2.31. The Morgan fingerprint density at radius 3 is 2.30 bits per heavy atom. The van der Waals surface area contributed by atoms with Gasteiger partial charge in [-0.25, -0.2) is 0 Å². The molecule has 1 saturated heterocycles. The maximum Gasteiger partial charge on any atom is 0.488 e. The molecular formula is C12H16F2N2O5S2. The van der Waals surface area contributed by atoms with Crippen molar-refractivity contribution in [2.24, 2.45) is 0 Å². The number of rotatable bonds is 5. The van der Waals surface area contributed by atoms with Gasteiger partial charge in [-0.1, -0.05) is 3.89 Å². The second kappa shape index (κ2) is 6.57. The van der Waals surface area contributed by atoms with E-state index in [0.717, 1.165) is 0 Å². The molecule has 1 aliphatic heterocycles. The van der Waals surface area contributed by atoms with E-state index < -0.39 is 26.5 Å². The number of hydrogen-bond donors (Lipinski definition) is 1. The van der Waals surface area contributed by atoms with E-state index in [9.17, 15) is 24.6 Å². The van der Waals surface area contributed by atoms with E-state index in [2.05, 4.69) is 9.50 Å². The summed E-state index contributed by atoms with van der Waals surface area (Å²) in [6.07, 6.45) is 0. The van der Waals surface area contributed by atoms with Gasteiger partial charge >= 0.3 is 20.7 Å². The Morgan fingerprint density at radius 1 is 1.17 bits per heavy atom. The predicted molar refractivity (Wildman–Crippen MR) is 80.6 cm³/mol. The van der Waals surface area contributed by atoms with Crippen molar-refractivity contribution in [3.63, 3.8) is 0 Å². The van der Waals surface area contributed by atoms with Gasteiger partial charge < -0.3 is 14.4 Å². The average molecular weight is 370 g/mol. The van der Waals surface area contributed by atoms with Crippen LogP contribution in [-0.4, -0.2) is 43.0 Å². The van der Waals surface area contributed by atoms with Gasteiger partial charge in [0.05, 0.1) is 0 Å². The number of benzene rings is 1. The molecule has 7 nitrogen and oxygen atoms in total. The minimum Gasteiger partial charge on any atom is -0.369 e. The summed E-state index contributed by atoms with van der Waals surface area (Å²) in [6.45, 7) is 3.83. The number of hydrogen-bond acceptors (Lipinski definition) is 7. The first-order chi connectivity index (χ1) is 10.6. The van der Waals surface area contributed by atoms with Crippen LogP contribution in [0.15, 0.2) is 12.1 Å². The SMILES string of the molecule is Cc1c(CS(=O)(=O)F)cc(N2CCNCC2)cc1OS(=O)(=O)F. The van der Waals surface area contributed by atoms with Crippen molar-refractivity contribution >= 4 is 26.4 Å². The highest BCUT2D eigenvalue weighted by molar-refractivity contribution is 7.85. The molecule has 0 amide bonds. The van der Waals surface area contributed by atoms with E-state index in [1.807, 2.05) is 4.90 Å². The molecule has 1 fully saturated rings. The van der Waals surface area contributed by atoms with Crippen molar-refractivity contribution in [1.29, 1.82) is 0 Å². The van der Waals surface area contributed by atoms with E-state index in [4.69, 9.17) is 0 Å². The quantitative estimate of drug-likeness (QED) is 0.766. The third kappa shape index (κ3) is 5.29. The summed E-state index contributed by atoms with van der Waals surface area (Å²) in [5.74, 6) is -1.30. The lowest BCUT2D eigenvalue weighted by Gasteiger charge is -2.30. The van der Waals surface area contributed by atoms with Crippen LogP contribution >= 0.6 is 0 Å². The van der Waals surface area contributed by atoms with E-state index in [1.165, 1.54) is 19.1 Å². The first-order valence-electron chi connectivity index (χ1n) is 6.71. The van der Waals surface area contributed by atoms with Gasteiger partial charge in [0.25, 0.3) is 0 Å². The van der Waals surface area contributed by atoms with Crippen molar-refractivity contribution in [2.75, 3.05) is 31.1 Å². The van der Waals surface area contributed by atoms with Gasteiger partial charge in [-0.05, 0) is 24.1 Å². The lowest BCUT2D eigenvalue weighted by molar-refractivity contribution is 0.438.